The Morgan fingerprint density at radius 1 is 1.24 bits per heavy atom. The number of hydrogen-bond acceptors (Lipinski definition) is 4. The first-order valence-electron chi connectivity index (χ1n) is 10.4. The van der Waals surface area contributed by atoms with Crippen LogP contribution in [-0.2, 0) is 16.6 Å². The monoisotopic (exact) mass is 416 g/mol. The Balaban J connectivity index is 1.72. The maximum Gasteiger partial charge on any atom is 0.271 e. The molecular formula is C21H28N4O3S. The summed E-state index contributed by atoms with van der Waals surface area (Å²) in [6, 6.07) is 6.94. The van der Waals surface area contributed by atoms with Crippen LogP contribution in [0.5, 0.6) is 0 Å². The van der Waals surface area contributed by atoms with Crippen molar-refractivity contribution in [3.8, 4) is 5.69 Å². The molecule has 1 saturated carbocycles. The molecule has 0 unspecified atom stereocenters. The molecular weight excluding hydrogens is 388 g/mol. The molecule has 2 aliphatic rings. The van der Waals surface area contributed by atoms with Gasteiger partial charge in [-0.2, -0.15) is 4.31 Å². The maximum atomic E-state index is 13.3. The summed E-state index contributed by atoms with van der Waals surface area (Å²) in [5.74, 6) is 0.583. The lowest BCUT2D eigenvalue weighted by molar-refractivity contribution is 0.0940. The van der Waals surface area contributed by atoms with E-state index in [1.54, 1.807) is 29.1 Å². The van der Waals surface area contributed by atoms with Gasteiger partial charge in [-0.1, -0.05) is 38.8 Å². The minimum absolute atomic E-state index is 0.154. The summed E-state index contributed by atoms with van der Waals surface area (Å²) < 4.78 is 29.9. The van der Waals surface area contributed by atoms with E-state index in [9.17, 15) is 13.2 Å². The van der Waals surface area contributed by atoms with E-state index in [4.69, 9.17) is 0 Å². The van der Waals surface area contributed by atoms with Gasteiger partial charge in [-0.25, -0.2) is 13.4 Å². The van der Waals surface area contributed by atoms with Crippen molar-refractivity contribution >= 4 is 15.9 Å². The molecule has 8 heteroatoms. The predicted octanol–water partition coefficient (Wildman–Crippen LogP) is 2.95. The molecule has 4 rings (SSSR count). The zero-order chi connectivity index (χ0) is 20.6. The van der Waals surface area contributed by atoms with E-state index in [1.165, 1.54) is 4.31 Å². The van der Waals surface area contributed by atoms with E-state index < -0.39 is 10.0 Å². The van der Waals surface area contributed by atoms with E-state index in [-0.39, 0.29) is 17.3 Å². The Morgan fingerprint density at radius 3 is 2.66 bits per heavy atom. The highest BCUT2D eigenvalue weighted by Crippen LogP contribution is 2.36. The van der Waals surface area contributed by atoms with Crippen LogP contribution in [-0.4, -0.2) is 41.3 Å². The highest BCUT2D eigenvalue weighted by atomic mass is 32.2. The van der Waals surface area contributed by atoms with Gasteiger partial charge in [0.25, 0.3) is 5.91 Å². The highest BCUT2D eigenvalue weighted by molar-refractivity contribution is 7.89. The topological polar surface area (TPSA) is 84.3 Å². The van der Waals surface area contributed by atoms with Gasteiger partial charge in [-0.3, -0.25) is 9.36 Å². The van der Waals surface area contributed by atoms with Gasteiger partial charge in [0.05, 0.1) is 17.9 Å². The van der Waals surface area contributed by atoms with Gasteiger partial charge in [0, 0.05) is 13.1 Å². The minimum Gasteiger partial charge on any atom is -0.350 e. The quantitative estimate of drug-likeness (QED) is 0.752. The first kappa shape index (κ1) is 20.1. The molecule has 0 spiro atoms. The Morgan fingerprint density at radius 2 is 1.97 bits per heavy atom. The van der Waals surface area contributed by atoms with Crippen LogP contribution < -0.4 is 5.32 Å². The third kappa shape index (κ3) is 3.83. The largest absolute Gasteiger partial charge is 0.350 e. The molecule has 156 valence electrons. The number of benzene rings is 1. The number of imidazole rings is 1. The van der Waals surface area contributed by atoms with Crippen LogP contribution in [0.25, 0.3) is 5.69 Å². The van der Waals surface area contributed by atoms with Gasteiger partial charge >= 0.3 is 0 Å². The number of fused-ring (bicyclic) bond motifs is 3. The second-order valence-electron chi connectivity index (χ2n) is 8.01. The summed E-state index contributed by atoms with van der Waals surface area (Å²) >= 11 is 0. The van der Waals surface area contributed by atoms with Crippen molar-refractivity contribution in [2.75, 3.05) is 13.1 Å². The zero-order valence-electron chi connectivity index (χ0n) is 17.0. The Labute approximate surface area is 172 Å². The molecule has 1 aromatic heterocycles. The number of nitrogens with zero attached hydrogens (tertiary/aromatic N) is 3. The van der Waals surface area contributed by atoms with E-state index in [0.29, 0.717) is 42.0 Å². The third-order valence-corrected chi connectivity index (χ3v) is 7.87. The molecule has 2 heterocycles. The number of carbonyl (C=O) groups excluding carboxylic acids is 1. The molecule has 1 amide bonds. The Kier molecular flexibility index (Phi) is 5.48. The average Bonchev–Trinajstić information content (AvgIpc) is 3.46. The van der Waals surface area contributed by atoms with Crippen LogP contribution in [0.1, 0.15) is 55.7 Å². The van der Waals surface area contributed by atoms with Crippen molar-refractivity contribution in [1.82, 2.24) is 19.2 Å². The Bertz CT molecular complexity index is 1010. The summed E-state index contributed by atoms with van der Waals surface area (Å²) in [4.78, 5) is 17.5. The van der Waals surface area contributed by atoms with Crippen LogP contribution in [0.3, 0.4) is 0 Å². The number of carbonyl (C=O) groups is 1. The molecule has 1 aromatic carbocycles. The molecule has 2 aromatic rings. The number of para-hydroxylation sites is 1. The van der Waals surface area contributed by atoms with Crippen LogP contribution >= 0.6 is 0 Å². The molecule has 0 radical (unpaired) electrons. The molecule has 1 fully saturated rings. The number of rotatable bonds is 7. The Hall–Kier alpha value is -2.19. The van der Waals surface area contributed by atoms with E-state index in [0.717, 1.165) is 25.7 Å². The van der Waals surface area contributed by atoms with Gasteiger partial charge in [-0.05, 0) is 36.8 Å². The van der Waals surface area contributed by atoms with E-state index >= 15 is 0 Å². The second-order valence-corrected chi connectivity index (χ2v) is 9.92. The number of nitrogens with one attached hydrogen (secondary N) is 1. The van der Waals surface area contributed by atoms with Crippen molar-refractivity contribution in [3.63, 3.8) is 0 Å². The van der Waals surface area contributed by atoms with Crippen LogP contribution in [0.4, 0.5) is 0 Å². The number of amides is 1. The van der Waals surface area contributed by atoms with Crippen molar-refractivity contribution < 1.29 is 13.2 Å². The van der Waals surface area contributed by atoms with Crippen LogP contribution in [0.2, 0.25) is 0 Å². The molecule has 29 heavy (non-hydrogen) atoms. The molecule has 0 bridgehead atoms. The summed E-state index contributed by atoms with van der Waals surface area (Å²) in [6.07, 6.45) is 5.67. The summed E-state index contributed by atoms with van der Waals surface area (Å²) in [7, 11) is -3.64. The normalized spacial score (nSPS) is 18.2. The molecule has 0 atom stereocenters. The summed E-state index contributed by atoms with van der Waals surface area (Å²) in [6.45, 7) is 5.46. The fourth-order valence-electron chi connectivity index (χ4n) is 3.84. The first-order valence-corrected chi connectivity index (χ1v) is 11.8. The fraction of sp³-hybridized carbons (Fsp3) is 0.524. The van der Waals surface area contributed by atoms with Gasteiger partial charge in [0.2, 0.25) is 10.0 Å². The maximum absolute atomic E-state index is 13.3. The van der Waals surface area contributed by atoms with E-state index in [2.05, 4.69) is 24.1 Å². The highest BCUT2D eigenvalue weighted by Gasteiger charge is 2.37. The van der Waals surface area contributed by atoms with Gasteiger partial charge in [0.15, 0.2) is 5.69 Å². The molecule has 1 aliphatic heterocycles. The predicted molar refractivity (Wildman–Crippen MR) is 110 cm³/mol. The summed E-state index contributed by atoms with van der Waals surface area (Å²) in [5.41, 5.74) is 1.48. The fourth-order valence-corrected chi connectivity index (χ4v) is 5.50. The van der Waals surface area contributed by atoms with Crippen molar-refractivity contribution in [3.05, 3.63) is 42.0 Å². The lowest BCUT2D eigenvalue weighted by Crippen LogP contribution is -2.33. The average molecular weight is 417 g/mol. The number of hydrogen-bond donors (Lipinski definition) is 1. The van der Waals surface area contributed by atoms with Crippen molar-refractivity contribution in [2.45, 2.75) is 51.0 Å². The zero-order valence-corrected chi connectivity index (χ0v) is 17.8. The standard InChI is InChI=1S/C21H28N4O3S/c1-3-15(4-2)11-22-21(26)20-18-13-24(12-16-9-10-16)29(27,28)19-8-6-5-7-17(19)25(18)14-23-20/h5-8,14-16H,3-4,9-13H2,1-2H3,(H,22,26). The smallest absolute Gasteiger partial charge is 0.271 e. The number of sulfonamides is 1. The van der Waals surface area contributed by atoms with E-state index in [1.807, 2.05) is 6.07 Å². The van der Waals surface area contributed by atoms with Gasteiger partial charge in [-0.15, -0.1) is 0 Å². The first-order chi connectivity index (χ1) is 14.0. The van der Waals surface area contributed by atoms with Gasteiger partial charge in [0.1, 0.15) is 11.2 Å². The molecule has 7 nitrogen and oxygen atoms in total. The molecule has 1 aliphatic carbocycles. The molecule has 1 N–H and O–H groups in total. The van der Waals surface area contributed by atoms with Crippen molar-refractivity contribution in [1.29, 1.82) is 0 Å². The van der Waals surface area contributed by atoms with Crippen LogP contribution in [0, 0.1) is 11.8 Å². The lowest BCUT2D eigenvalue weighted by atomic mass is 10.0. The minimum atomic E-state index is -3.64. The third-order valence-electron chi connectivity index (χ3n) is 6.02. The molecule has 0 saturated heterocycles. The lowest BCUT2D eigenvalue weighted by Gasteiger charge is -2.20. The van der Waals surface area contributed by atoms with Gasteiger partial charge < -0.3 is 5.32 Å². The second kappa shape index (κ2) is 7.91. The van der Waals surface area contributed by atoms with Crippen LogP contribution in [0.15, 0.2) is 35.5 Å². The van der Waals surface area contributed by atoms with Crippen molar-refractivity contribution in [2.24, 2.45) is 11.8 Å². The number of aromatic nitrogens is 2. The SMILES string of the molecule is CCC(CC)CNC(=O)c1ncn2c1CN(CC1CC1)S(=O)(=O)c1ccccc1-2. The summed E-state index contributed by atoms with van der Waals surface area (Å²) in [5, 5.41) is 2.99.